The van der Waals surface area contributed by atoms with Crippen LogP contribution in [-0.2, 0) is 0 Å². The Balaban J connectivity index is 2.02. The summed E-state index contributed by atoms with van der Waals surface area (Å²) >= 11 is 0. The van der Waals surface area contributed by atoms with E-state index in [0.717, 1.165) is 5.39 Å². The Labute approximate surface area is 119 Å². The predicted molar refractivity (Wildman–Crippen MR) is 76.5 cm³/mol. The Morgan fingerprint density at radius 3 is 2.71 bits per heavy atom. The van der Waals surface area contributed by atoms with Crippen molar-refractivity contribution >= 4 is 28.5 Å². The molecule has 8 nitrogen and oxygen atoms in total. The van der Waals surface area contributed by atoms with Gasteiger partial charge in [-0.1, -0.05) is 29.4 Å². The van der Waals surface area contributed by atoms with Crippen LogP contribution in [0.2, 0.25) is 0 Å². The molecule has 106 valence electrons. The number of pyridine rings is 1. The number of hydrogen-bond acceptors (Lipinski definition) is 7. The maximum atomic E-state index is 12.3. The molecule has 8 heteroatoms. The first-order chi connectivity index (χ1) is 10.2. The van der Waals surface area contributed by atoms with Gasteiger partial charge < -0.3 is 9.95 Å². The number of carbonyl (C=O) groups excluding carboxylic acids is 1. The molecule has 1 aromatic carbocycles. The summed E-state index contributed by atoms with van der Waals surface area (Å²) in [6.45, 7) is 1.66. The molecule has 0 aliphatic carbocycles. The van der Waals surface area contributed by atoms with E-state index >= 15 is 0 Å². The molecule has 2 aromatic heterocycles. The minimum Gasteiger partial charge on any atom is -0.315 e. The van der Waals surface area contributed by atoms with Crippen LogP contribution in [0.1, 0.15) is 16.2 Å². The van der Waals surface area contributed by atoms with Gasteiger partial charge >= 0.3 is 6.01 Å². The van der Waals surface area contributed by atoms with Crippen molar-refractivity contribution in [3.05, 3.63) is 41.9 Å². The smallest absolute Gasteiger partial charge is 0.315 e. The minimum absolute atomic E-state index is 0.0441. The SMILES string of the molecule is Cc1noc(NC(=O)c2cnc(NN)c3ccccc23)n1. The summed E-state index contributed by atoms with van der Waals surface area (Å²) in [4.78, 5) is 20.4. The number of carbonyl (C=O) groups is 1. The zero-order valence-corrected chi connectivity index (χ0v) is 11.1. The van der Waals surface area contributed by atoms with Crippen LogP contribution in [0.3, 0.4) is 0 Å². The molecule has 0 unspecified atom stereocenters. The largest absolute Gasteiger partial charge is 0.328 e. The molecule has 0 saturated carbocycles. The summed E-state index contributed by atoms with van der Waals surface area (Å²) in [5.74, 6) is 5.98. The molecular weight excluding hydrogens is 272 g/mol. The molecule has 0 spiro atoms. The maximum Gasteiger partial charge on any atom is 0.328 e. The van der Waals surface area contributed by atoms with E-state index in [2.05, 4.69) is 25.9 Å². The second kappa shape index (κ2) is 5.17. The van der Waals surface area contributed by atoms with Crippen LogP contribution >= 0.6 is 0 Å². The number of fused-ring (bicyclic) bond motifs is 1. The van der Waals surface area contributed by atoms with Gasteiger partial charge in [0, 0.05) is 11.6 Å². The topological polar surface area (TPSA) is 119 Å². The number of nitrogens with zero attached hydrogens (tertiary/aromatic N) is 3. The Morgan fingerprint density at radius 1 is 1.29 bits per heavy atom. The lowest BCUT2D eigenvalue weighted by Crippen LogP contribution is -2.15. The zero-order chi connectivity index (χ0) is 14.8. The van der Waals surface area contributed by atoms with Crippen molar-refractivity contribution in [2.75, 3.05) is 10.7 Å². The number of hydrogen-bond donors (Lipinski definition) is 3. The van der Waals surface area contributed by atoms with E-state index in [1.807, 2.05) is 24.3 Å². The van der Waals surface area contributed by atoms with Gasteiger partial charge in [0.15, 0.2) is 5.82 Å². The average Bonchev–Trinajstić information content (AvgIpc) is 2.91. The van der Waals surface area contributed by atoms with E-state index in [-0.39, 0.29) is 11.9 Å². The molecule has 0 bridgehead atoms. The number of amides is 1. The van der Waals surface area contributed by atoms with E-state index in [1.165, 1.54) is 6.20 Å². The van der Waals surface area contributed by atoms with Crippen molar-refractivity contribution in [3.8, 4) is 0 Å². The van der Waals surface area contributed by atoms with Crippen LogP contribution in [0.4, 0.5) is 11.8 Å². The van der Waals surface area contributed by atoms with Gasteiger partial charge in [0.2, 0.25) is 0 Å². The van der Waals surface area contributed by atoms with E-state index in [9.17, 15) is 4.79 Å². The lowest BCUT2D eigenvalue weighted by Gasteiger charge is -2.08. The lowest BCUT2D eigenvalue weighted by molar-refractivity contribution is 0.102. The fourth-order valence-electron chi connectivity index (χ4n) is 2.00. The number of nitrogens with one attached hydrogen (secondary N) is 2. The van der Waals surface area contributed by atoms with Gasteiger partial charge in [0.1, 0.15) is 5.82 Å². The number of benzene rings is 1. The van der Waals surface area contributed by atoms with Crippen molar-refractivity contribution in [1.82, 2.24) is 15.1 Å². The van der Waals surface area contributed by atoms with Crippen LogP contribution in [0.25, 0.3) is 10.8 Å². The second-order valence-electron chi connectivity index (χ2n) is 4.31. The number of hydrazine groups is 1. The minimum atomic E-state index is -0.383. The number of aryl methyl sites for hydroxylation is 1. The fourth-order valence-corrected chi connectivity index (χ4v) is 2.00. The number of nitrogens with two attached hydrogens (primary N) is 1. The number of anilines is 2. The highest BCUT2D eigenvalue weighted by Gasteiger charge is 2.15. The highest BCUT2D eigenvalue weighted by Crippen LogP contribution is 2.24. The molecule has 0 radical (unpaired) electrons. The van der Waals surface area contributed by atoms with Crippen LogP contribution in [0.5, 0.6) is 0 Å². The number of nitrogen functional groups attached to an aromatic ring is 1. The zero-order valence-electron chi connectivity index (χ0n) is 11.1. The number of rotatable bonds is 3. The third-order valence-corrected chi connectivity index (χ3v) is 2.92. The first-order valence-corrected chi connectivity index (χ1v) is 6.15. The molecular formula is C13H12N6O2. The van der Waals surface area contributed by atoms with Gasteiger partial charge in [-0.05, 0) is 12.3 Å². The van der Waals surface area contributed by atoms with Crippen LogP contribution in [0.15, 0.2) is 35.0 Å². The van der Waals surface area contributed by atoms with Gasteiger partial charge in [-0.3, -0.25) is 10.1 Å². The van der Waals surface area contributed by atoms with Crippen LogP contribution in [0, 0.1) is 6.92 Å². The van der Waals surface area contributed by atoms with Crippen LogP contribution < -0.4 is 16.6 Å². The molecule has 3 rings (SSSR count). The summed E-state index contributed by atoms with van der Waals surface area (Å²) in [6.07, 6.45) is 1.44. The van der Waals surface area contributed by atoms with Crippen LogP contribution in [-0.4, -0.2) is 21.0 Å². The molecule has 3 aromatic rings. The molecule has 0 aliphatic rings. The average molecular weight is 284 g/mol. The highest BCUT2D eigenvalue weighted by molar-refractivity contribution is 6.13. The third kappa shape index (κ3) is 2.39. The Morgan fingerprint density at radius 2 is 2.05 bits per heavy atom. The standard InChI is InChI=1S/C13H12N6O2/c1-7-16-13(21-19-7)17-12(20)10-6-15-11(18-14)9-5-3-2-4-8(9)10/h2-6H,14H2,1H3,(H,15,18)(H,16,17,19,20). The quantitative estimate of drug-likeness (QED) is 0.492. The summed E-state index contributed by atoms with van der Waals surface area (Å²) in [5, 5.41) is 7.61. The summed E-state index contributed by atoms with van der Waals surface area (Å²) in [7, 11) is 0. The van der Waals surface area contributed by atoms with E-state index in [1.54, 1.807) is 6.92 Å². The molecule has 0 saturated heterocycles. The maximum absolute atomic E-state index is 12.3. The van der Waals surface area contributed by atoms with E-state index in [4.69, 9.17) is 10.4 Å². The van der Waals surface area contributed by atoms with Crippen molar-refractivity contribution in [3.63, 3.8) is 0 Å². The van der Waals surface area contributed by atoms with E-state index < -0.39 is 0 Å². The first-order valence-electron chi connectivity index (χ1n) is 6.15. The molecule has 1 amide bonds. The second-order valence-corrected chi connectivity index (χ2v) is 4.31. The normalized spacial score (nSPS) is 10.6. The lowest BCUT2D eigenvalue weighted by atomic mass is 10.1. The summed E-state index contributed by atoms with van der Waals surface area (Å²) < 4.78 is 4.87. The van der Waals surface area contributed by atoms with Gasteiger partial charge in [-0.25, -0.2) is 10.8 Å². The van der Waals surface area contributed by atoms with Crippen molar-refractivity contribution in [2.45, 2.75) is 6.92 Å². The number of aromatic nitrogens is 3. The Bertz CT molecular complexity index is 813. The van der Waals surface area contributed by atoms with Gasteiger partial charge in [-0.2, -0.15) is 4.98 Å². The molecule has 0 fully saturated rings. The molecule has 4 N–H and O–H groups in total. The highest BCUT2D eigenvalue weighted by atomic mass is 16.5. The predicted octanol–water partition coefficient (Wildman–Crippen LogP) is 1.46. The van der Waals surface area contributed by atoms with Gasteiger partial charge in [0.05, 0.1) is 5.56 Å². The molecule has 21 heavy (non-hydrogen) atoms. The third-order valence-electron chi connectivity index (χ3n) is 2.92. The summed E-state index contributed by atoms with van der Waals surface area (Å²) in [5.41, 5.74) is 2.89. The van der Waals surface area contributed by atoms with Crippen molar-refractivity contribution in [2.24, 2.45) is 5.84 Å². The van der Waals surface area contributed by atoms with Crippen molar-refractivity contribution in [1.29, 1.82) is 0 Å². The monoisotopic (exact) mass is 284 g/mol. The van der Waals surface area contributed by atoms with Crippen molar-refractivity contribution < 1.29 is 9.32 Å². The van der Waals surface area contributed by atoms with E-state index in [0.29, 0.717) is 22.6 Å². The van der Waals surface area contributed by atoms with Gasteiger partial charge in [-0.15, -0.1) is 0 Å². The summed E-state index contributed by atoms with van der Waals surface area (Å²) in [6, 6.07) is 7.35. The molecule has 0 atom stereocenters. The Hall–Kier alpha value is -3.00. The first kappa shape index (κ1) is 13.0. The molecule has 2 heterocycles. The fraction of sp³-hybridized carbons (Fsp3) is 0.0769. The van der Waals surface area contributed by atoms with Gasteiger partial charge in [0.25, 0.3) is 5.91 Å². The molecule has 0 aliphatic heterocycles. The Kier molecular flexibility index (Phi) is 3.20.